The number of nitrogens with one attached hydrogen (secondary N) is 2. The van der Waals surface area contributed by atoms with Gasteiger partial charge in [-0.3, -0.25) is 5.32 Å². The van der Waals surface area contributed by atoms with E-state index in [1.807, 2.05) is 19.9 Å². The zero-order valence-corrected chi connectivity index (χ0v) is 16.6. The first-order valence-corrected chi connectivity index (χ1v) is 9.58. The number of para-hydroxylation sites is 1. The first-order valence-electron chi connectivity index (χ1n) is 9.58. The molecule has 8 nitrogen and oxygen atoms in total. The monoisotopic (exact) mass is 382 g/mol. The van der Waals surface area contributed by atoms with Crippen molar-refractivity contribution in [1.82, 2.24) is 19.8 Å². The SMILES string of the molecule is CCC(CC)Nc1cc(NC(=O)Oc2ccccc2)c2nnc(C(C)C)n2n1. The Hall–Kier alpha value is -3.16. The number of carbonyl (C=O) groups excluding carboxylic acids is 1. The van der Waals surface area contributed by atoms with E-state index in [2.05, 4.69) is 39.8 Å². The number of rotatable bonds is 7. The maximum absolute atomic E-state index is 12.4. The number of carbonyl (C=O) groups is 1. The minimum absolute atomic E-state index is 0.134. The van der Waals surface area contributed by atoms with Crippen LogP contribution in [0.5, 0.6) is 5.75 Å². The van der Waals surface area contributed by atoms with Crippen LogP contribution in [0.1, 0.15) is 52.3 Å². The van der Waals surface area contributed by atoms with Crippen LogP contribution in [-0.2, 0) is 0 Å². The van der Waals surface area contributed by atoms with Gasteiger partial charge >= 0.3 is 6.09 Å². The molecule has 1 aromatic carbocycles. The zero-order chi connectivity index (χ0) is 20.1. The van der Waals surface area contributed by atoms with Crippen LogP contribution in [0.3, 0.4) is 0 Å². The van der Waals surface area contributed by atoms with E-state index in [9.17, 15) is 4.79 Å². The fraction of sp³-hybridized carbons (Fsp3) is 0.400. The molecule has 3 aromatic rings. The predicted molar refractivity (Wildman–Crippen MR) is 109 cm³/mol. The predicted octanol–water partition coefficient (Wildman–Crippen LogP) is 4.46. The van der Waals surface area contributed by atoms with Crippen molar-refractivity contribution in [3.63, 3.8) is 0 Å². The summed E-state index contributed by atoms with van der Waals surface area (Å²) in [5, 5.41) is 19.3. The molecule has 2 N–H and O–H groups in total. The van der Waals surface area contributed by atoms with Crippen molar-refractivity contribution >= 4 is 23.2 Å². The number of amides is 1. The van der Waals surface area contributed by atoms with Crippen molar-refractivity contribution in [2.75, 3.05) is 10.6 Å². The Morgan fingerprint density at radius 1 is 1.14 bits per heavy atom. The van der Waals surface area contributed by atoms with E-state index < -0.39 is 6.09 Å². The Balaban J connectivity index is 1.93. The molecule has 2 aromatic heterocycles. The molecule has 8 heteroatoms. The third kappa shape index (κ3) is 4.39. The summed E-state index contributed by atoms with van der Waals surface area (Å²) in [7, 11) is 0. The van der Waals surface area contributed by atoms with Crippen LogP contribution < -0.4 is 15.4 Å². The van der Waals surface area contributed by atoms with Crippen molar-refractivity contribution in [3.8, 4) is 5.75 Å². The summed E-state index contributed by atoms with van der Waals surface area (Å²) in [4.78, 5) is 12.4. The fourth-order valence-electron chi connectivity index (χ4n) is 2.85. The van der Waals surface area contributed by atoms with Gasteiger partial charge in [-0.2, -0.15) is 4.52 Å². The molecule has 0 atom stereocenters. The topological polar surface area (TPSA) is 93.4 Å². The highest BCUT2D eigenvalue weighted by molar-refractivity contribution is 5.91. The van der Waals surface area contributed by atoms with Crippen LogP contribution in [0.4, 0.5) is 16.3 Å². The molecule has 0 saturated heterocycles. The molecular weight excluding hydrogens is 356 g/mol. The summed E-state index contributed by atoms with van der Waals surface area (Å²) in [6, 6.07) is 10.9. The van der Waals surface area contributed by atoms with Gasteiger partial charge in [0.1, 0.15) is 11.6 Å². The third-order valence-corrected chi connectivity index (χ3v) is 4.44. The molecule has 0 bridgehead atoms. The van der Waals surface area contributed by atoms with Gasteiger partial charge in [-0.1, -0.05) is 45.9 Å². The number of benzene rings is 1. The van der Waals surface area contributed by atoms with E-state index in [4.69, 9.17) is 4.74 Å². The molecule has 0 saturated carbocycles. The highest BCUT2D eigenvalue weighted by Crippen LogP contribution is 2.23. The Kier molecular flexibility index (Phi) is 6.08. The fourth-order valence-corrected chi connectivity index (χ4v) is 2.85. The van der Waals surface area contributed by atoms with E-state index in [1.165, 1.54) is 0 Å². The molecule has 3 rings (SSSR count). The maximum atomic E-state index is 12.4. The lowest BCUT2D eigenvalue weighted by molar-refractivity contribution is 0.215. The number of ether oxygens (including phenoxy) is 1. The molecule has 0 unspecified atom stereocenters. The molecule has 28 heavy (non-hydrogen) atoms. The van der Waals surface area contributed by atoms with E-state index >= 15 is 0 Å². The second-order valence-electron chi connectivity index (χ2n) is 6.88. The number of hydrogen-bond acceptors (Lipinski definition) is 6. The van der Waals surface area contributed by atoms with Gasteiger partial charge in [-0.15, -0.1) is 15.3 Å². The van der Waals surface area contributed by atoms with Crippen molar-refractivity contribution in [1.29, 1.82) is 0 Å². The first-order chi connectivity index (χ1) is 13.5. The Labute approximate surface area is 164 Å². The highest BCUT2D eigenvalue weighted by atomic mass is 16.6. The molecular formula is C20H26N6O2. The van der Waals surface area contributed by atoms with Crippen LogP contribution in [0.15, 0.2) is 36.4 Å². The minimum Gasteiger partial charge on any atom is -0.410 e. The molecule has 2 heterocycles. The molecule has 1 amide bonds. The average Bonchev–Trinajstić information content (AvgIpc) is 3.11. The molecule has 148 valence electrons. The first kappa shape index (κ1) is 19.6. The number of fused-ring (bicyclic) bond motifs is 1. The lowest BCUT2D eigenvalue weighted by Crippen LogP contribution is -2.21. The van der Waals surface area contributed by atoms with E-state index in [0.29, 0.717) is 22.9 Å². The smallest absolute Gasteiger partial charge is 0.410 e. The van der Waals surface area contributed by atoms with Gasteiger partial charge in [0.25, 0.3) is 0 Å². The summed E-state index contributed by atoms with van der Waals surface area (Å²) >= 11 is 0. The molecule has 0 aliphatic carbocycles. The largest absolute Gasteiger partial charge is 0.417 e. The van der Waals surface area contributed by atoms with Gasteiger partial charge in [-0.05, 0) is 25.0 Å². The second-order valence-corrected chi connectivity index (χ2v) is 6.88. The normalized spacial score (nSPS) is 11.2. The van der Waals surface area contributed by atoms with Crippen molar-refractivity contribution in [2.24, 2.45) is 0 Å². The van der Waals surface area contributed by atoms with Crippen LogP contribution in [0.2, 0.25) is 0 Å². The van der Waals surface area contributed by atoms with E-state index in [0.717, 1.165) is 18.7 Å². The second kappa shape index (κ2) is 8.69. The van der Waals surface area contributed by atoms with Crippen LogP contribution in [-0.4, -0.2) is 31.9 Å². The molecule has 0 spiro atoms. The zero-order valence-electron chi connectivity index (χ0n) is 16.6. The van der Waals surface area contributed by atoms with Crippen molar-refractivity contribution < 1.29 is 9.53 Å². The minimum atomic E-state index is -0.595. The molecule has 0 aliphatic heterocycles. The molecule has 0 radical (unpaired) electrons. The van der Waals surface area contributed by atoms with Crippen LogP contribution in [0.25, 0.3) is 5.65 Å². The standard InChI is InChI=1S/C20H26N6O2/c1-5-14(6-2)21-17-12-16(19-24-23-18(13(3)4)26(19)25-17)22-20(27)28-15-10-8-7-9-11-15/h7-14H,5-6H2,1-4H3,(H,21,25)(H,22,27). The average molecular weight is 382 g/mol. The maximum Gasteiger partial charge on any atom is 0.417 e. The van der Waals surface area contributed by atoms with Gasteiger partial charge in [0.15, 0.2) is 5.82 Å². The number of nitrogens with zero attached hydrogens (tertiary/aromatic N) is 4. The third-order valence-electron chi connectivity index (χ3n) is 4.44. The number of aromatic nitrogens is 4. The highest BCUT2D eigenvalue weighted by Gasteiger charge is 2.18. The van der Waals surface area contributed by atoms with Crippen molar-refractivity contribution in [3.05, 3.63) is 42.2 Å². The Bertz CT molecular complexity index is 935. The molecule has 0 fully saturated rings. The Morgan fingerprint density at radius 3 is 2.50 bits per heavy atom. The van der Waals surface area contributed by atoms with Crippen LogP contribution >= 0.6 is 0 Å². The van der Waals surface area contributed by atoms with Crippen molar-refractivity contribution in [2.45, 2.75) is 52.5 Å². The number of anilines is 2. The lowest BCUT2D eigenvalue weighted by atomic mass is 10.2. The van der Waals surface area contributed by atoms with Crippen LogP contribution in [0, 0.1) is 0 Å². The summed E-state index contributed by atoms with van der Waals surface area (Å²) < 4.78 is 7.01. The van der Waals surface area contributed by atoms with E-state index in [1.54, 1.807) is 34.8 Å². The summed E-state index contributed by atoms with van der Waals surface area (Å²) in [5.74, 6) is 1.97. The summed E-state index contributed by atoms with van der Waals surface area (Å²) in [6.45, 7) is 8.29. The van der Waals surface area contributed by atoms with Gasteiger partial charge in [0, 0.05) is 18.0 Å². The van der Waals surface area contributed by atoms with Gasteiger partial charge in [-0.25, -0.2) is 4.79 Å². The Morgan fingerprint density at radius 2 is 1.86 bits per heavy atom. The molecule has 0 aliphatic rings. The van der Waals surface area contributed by atoms with Gasteiger partial charge < -0.3 is 10.1 Å². The summed E-state index contributed by atoms with van der Waals surface area (Å²) in [5.41, 5.74) is 0.965. The quantitative estimate of drug-likeness (QED) is 0.627. The number of hydrogen-bond donors (Lipinski definition) is 2. The summed E-state index contributed by atoms with van der Waals surface area (Å²) in [6.07, 6.45) is 1.34. The lowest BCUT2D eigenvalue weighted by Gasteiger charge is -2.17. The van der Waals surface area contributed by atoms with E-state index in [-0.39, 0.29) is 12.0 Å². The van der Waals surface area contributed by atoms with Gasteiger partial charge in [0.2, 0.25) is 5.65 Å². The van der Waals surface area contributed by atoms with Gasteiger partial charge in [0.05, 0.1) is 5.69 Å².